The van der Waals surface area contributed by atoms with E-state index in [0.29, 0.717) is 11.3 Å². The third kappa shape index (κ3) is 3.99. The first-order valence-electron chi connectivity index (χ1n) is 7.82. The van der Waals surface area contributed by atoms with Crippen LogP contribution in [0.4, 0.5) is 0 Å². The maximum absolute atomic E-state index is 10.6. The molecule has 1 unspecified atom stereocenters. The standard InChI is InChI=1S/C18H28O2/c1-13(2)20-16-7-5-6-15(12-16)17(19)14-8-10-18(3,4)11-9-14/h5-7,12-14,17,19H,8-11H2,1-4H3. The zero-order chi connectivity index (χ0) is 14.8. The second kappa shape index (κ2) is 6.17. The summed E-state index contributed by atoms with van der Waals surface area (Å²) in [5.74, 6) is 1.24. The highest BCUT2D eigenvalue weighted by atomic mass is 16.5. The van der Waals surface area contributed by atoms with E-state index in [1.54, 1.807) is 0 Å². The van der Waals surface area contributed by atoms with Crippen LogP contribution in [0.5, 0.6) is 5.75 Å². The van der Waals surface area contributed by atoms with Crippen LogP contribution >= 0.6 is 0 Å². The average Bonchev–Trinajstić information content (AvgIpc) is 2.37. The lowest BCUT2D eigenvalue weighted by Gasteiger charge is -2.36. The van der Waals surface area contributed by atoms with E-state index in [1.807, 2.05) is 38.1 Å². The van der Waals surface area contributed by atoms with E-state index in [4.69, 9.17) is 4.74 Å². The van der Waals surface area contributed by atoms with Crippen LogP contribution in [-0.2, 0) is 0 Å². The first kappa shape index (κ1) is 15.4. The molecule has 1 N–H and O–H groups in total. The summed E-state index contributed by atoms with van der Waals surface area (Å²) in [6.07, 6.45) is 4.44. The van der Waals surface area contributed by atoms with E-state index in [2.05, 4.69) is 13.8 Å². The summed E-state index contributed by atoms with van der Waals surface area (Å²) in [6.45, 7) is 8.69. The molecule has 0 saturated heterocycles. The quantitative estimate of drug-likeness (QED) is 0.862. The SMILES string of the molecule is CC(C)Oc1cccc(C(O)C2CCC(C)(C)CC2)c1. The van der Waals surface area contributed by atoms with E-state index in [9.17, 15) is 5.11 Å². The molecule has 1 fully saturated rings. The Balaban J connectivity index is 2.04. The minimum atomic E-state index is -0.359. The van der Waals surface area contributed by atoms with Crippen LogP contribution in [0.15, 0.2) is 24.3 Å². The second-order valence-electron chi connectivity index (χ2n) is 7.19. The topological polar surface area (TPSA) is 29.5 Å². The Bertz CT molecular complexity index is 427. The molecule has 0 bridgehead atoms. The lowest BCUT2D eigenvalue weighted by Crippen LogP contribution is -2.25. The Morgan fingerprint density at radius 3 is 2.45 bits per heavy atom. The molecule has 20 heavy (non-hydrogen) atoms. The van der Waals surface area contributed by atoms with Gasteiger partial charge < -0.3 is 9.84 Å². The molecule has 2 heteroatoms. The van der Waals surface area contributed by atoms with E-state index in [0.717, 1.165) is 24.2 Å². The van der Waals surface area contributed by atoms with Crippen molar-refractivity contribution >= 4 is 0 Å². The number of benzene rings is 1. The monoisotopic (exact) mass is 276 g/mol. The van der Waals surface area contributed by atoms with E-state index in [1.165, 1.54) is 12.8 Å². The molecule has 112 valence electrons. The Labute approximate surface area is 123 Å². The molecule has 2 rings (SSSR count). The number of aliphatic hydroxyl groups is 1. The molecular formula is C18H28O2. The van der Waals surface area contributed by atoms with Gasteiger partial charge in [-0.2, -0.15) is 0 Å². The Morgan fingerprint density at radius 2 is 1.85 bits per heavy atom. The van der Waals surface area contributed by atoms with Gasteiger partial charge in [-0.3, -0.25) is 0 Å². The zero-order valence-corrected chi connectivity index (χ0v) is 13.2. The Kier molecular flexibility index (Phi) is 4.74. The fraction of sp³-hybridized carbons (Fsp3) is 0.667. The normalized spacial score (nSPS) is 20.9. The molecule has 1 atom stereocenters. The molecule has 2 nitrogen and oxygen atoms in total. The van der Waals surface area contributed by atoms with Crippen molar-refractivity contribution in [1.29, 1.82) is 0 Å². The number of rotatable bonds is 4. The van der Waals surface area contributed by atoms with Crippen molar-refractivity contribution in [3.05, 3.63) is 29.8 Å². The zero-order valence-electron chi connectivity index (χ0n) is 13.2. The van der Waals surface area contributed by atoms with Gasteiger partial charge in [0.25, 0.3) is 0 Å². The molecule has 1 aromatic rings. The van der Waals surface area contributed by atoms with Crippen LogP contribution in [0, 0.1) is 11.3 Å². The van der Waals surface area contributed by atoms with Gasteiger partial charge in [0, 0.05) is 0 Å². The first-order chi connectivity index (χ1) is 9.37. The van der Waals surface area contributed by atoms with Gasteiger partial charge in [-0.1, -0.05) is 26.0 Å². The third-order valence-corrected chi connectivity index (χ3v) is 4.40. The van der Waals surface area contributed by atoms with Gasteiger partial charge in [0.1, 0.15) is 5.75 Å². The smallest absolute Gasteiger partial charge is 0.120 e. The Hall–Kier alpha value is -1.02. The molecule has 1 aliphatic rings. The number of ether oxygens (including phenoxy) is 1. The largest absolute Gasteiger partial charge is 0.491 e. The molecule has 1 saturated carbocycles. The highest BCUT2D eigenvalue weighted by molar-refractivity contribution is 5.30. The van der Waals surface area contributed by atoms with Crippen LogP contribution in [0.3, 0.4) is 0 Å². The van der Waals surface area contributed by atoms with Crippen LogP contribution in [-0.4, -0.2) is 11.2 Å². The summed E-state index contributed by atoms with van der Waals surface area (Å²) in [6, 6.07) is 7.94. The van der Waals surface area contributed by atoms with Gasteiger partial charge in [-0.25, -0.2) is 0 Å². The van der Waals surface area contributed by atoms with Gasteiger partial charge in [0.2, 0.25) is 0 Å². The highest BCUT2D eigenvalue weighted by Crippen LogP contribution is 2.42. The Morgan fingerprint density at radius 1 is 1.20 bits per heavy atom. The van der Waals surface area contributed by atoms with Crippen molar-refractivity contribution < 1.29 is 9.84 Å². The van der Waals surface area contributed by atoms with Gasteiger partial charge in [-0.15, -0.1) is 0 Å². The van der Waals surface area contributed by atoms with Gasteiger partial charge in [0.05, 0.1) is 12.2 Å². The number of hydrogen-bond acceptors (Lipinski definition) is 2. The third-order valence-electron chi connectivity index (χ3n) is 4.40. The van der Waals surface area contributed by atoms with Crippen molar-refractivity contribution in [2.45, 2.75) is 65.6 Å². The van der Waals surface area contributed by atoms with Gasteiger partial charge in [0.15, 0.2) is 0 Å². The molecule has 0 spiro atoms. The minimum absolute atomic E-state index is 0.165. The van der Waals surface area contributed by atoms with E-state index in [-0.39, 0.29) is 12.2 Å². The molecule has 1 aromatic carbocycles. The van der Waals surface area contributed by atoms with Gasteiger partial charge in [-0.05, 0) is 68.6 Å². The lowest BCUT2D eigenvalue weighted by molar-refractivity contribution is 0.0564. The molecule has 0 aromatic heterocycles. The summed E-state index contributed by atoms with van der Waals surface area (Å²) in [5.41, 5.74) is 1.44. The predicted octanol–water partition coefficient (Wildman–Crippen LogP) is 4.72. The molecule has 1 aliphatic carbocycles. The molecule has 0 heterocycles. The molecule has 0 amide bonds. The summed E-state index contributed by atoms with van der Waals surface area (Å²) < 4.78 is 5.71. The first-order valence-corrected chi connectivity index (χ1v) is 7.82. The van der Waals surface area contributed by atoms with Crippen LogP contribution < -0.4 is 4.74 Å². The van der Waals surface area contributed by atoms with Gasteiger partial charge >= 0.3 is 0 Å². The fourth-order valence-electron chi connectivity index (χ4n) is 3.05. The summed E-state index contributed by atoms with van der Waals surface area (Å²) in [7, 11) is 0. The maximum Gasteiger partial charge on any atom is 0.120 e. The van der Waals surface area contributed by atoms with Crippen molar-refractivity contribution in [1.82, 2.24) is 0 Å². The minimum Gasteiger partial charge on any atom is -0.491 e. The molecule has 0 aliphatic heterocycles. The van der Waals surface area contributed by atoms with Crippen molar-refractivity contribution in [2.75, 3.05) is 0 Å². The molecule has 0 radical (unpaired) electrons. The van der Waals surface area contributed by atoms with Crippen LogP contribution in [0.2, 0.25) is 0 Å². The summed E-state index contributed by atoms with van der Waals surface area (Å²) in [4.78, 5) is 0. The summed E-state index contributed by atoms with van der Waals surface area (Å²) in [5, 5.41) is 10.6. The van der Waals surface area contributed by atoms with Crippen LogP contribution in [0.25, 0.3) is 0 Å². The highest BCUT2D eigenvalue weighted by Gasteiger charge is 2.31. The maximum atomic E-state index is 10.6. The van der Waals surface area contributed by atoms with Crippen LogP contribution in [0.1, 0.15) is 65.0 Å². The number of hydrogen-bond donors (Lipinski definition) is 1. The van der Waals surface area contributed by atoms with E-state index < -0.39 is 0 Å². The van der Waals surface area contributed by atoms with Crippen molar-refractivity contribution in [3.63, 3.8) is 0 Å². The fourth-order valence-corrected chi connectivity index (χ4v) is 3.05. The predicted molar refractivity (Wildman–Crippen MR) is 82.9 cm³/mol. The van der Waals surface area contributed by atoms with Crippen molar-refractivity contribution in [3.8, 4) is 5.75 Å². The second-order valence-corrected chi connectivity index (χ2v) is 7.19. The number of aliphatic hydroxyl groups excluding tert-OH is 1. The summed E-state index contributed by atoms with van der Waals surface area (Å²) >= 11 is 0. The lowest BCUT2D eigenvalue weighted by atomic mass is 9.71. The van der Waals surface area contributed by atoms with Crippen molar-refractivity contribution in [2.24, 2.45) is 11.3 Å². The average molecular weight is 276 g/mol. The molecular weight excluding hydrogens is 248 g/mol. The van der Waals surface area contributed by atoms with E-state index >= 15 is 0 Å².